The Balaban J connectivity index is 2.32. The van der Waals surface area contributed by atoms with Gasteiger partial charge >= 0.3 is 6.18 Å². The zero-order valence-electron chi connectivity index (χ0n) is 7.70. The minimum absolute atomic E-state index is 0.156. The molecule has 0 amide bonds. The number of rotatable bonds is 2. The van der Waals surface area contributed by atoms with Crippen molar-refractivity contribution in [2.24, 2.45) is 0 Å². The Kier molecular flexibility index (Phi) is 2.75. The van der Waals surface area contributed by atoms with E-state index in [4.69, 9.17) is 0 Å². The summed E-state index contributed by atoms with van der Waals surface area (Å²) < 4.78 is 42.4. The van der Waals surface area contributed by atoms with E-state index in [9.17, 15) is 13.2 Å². The van der Waals surface area contributed by atoms with Gasteiger partial charge in [-0.25, -0.2) is 9.97 Å². The minimum atomic E-state index is -4.40. The van der Waals surface area contributed by atoms with Gasteiger partial charge in [0, 0.05) is 18.6 Å². The predicted molar refractivity (Wildman–Crippen MR) is 52.2 cm³/mol. The lowest BCUT2D eigenvalue weighted by Gasteiger charge is -2.09. The number of hydrogen-bond acceptors (Lipinski definition) is 3. The Hall–Kier alpha value is -1.31. The maximum atomic E-state index is 12.0. The molecule has 0 bridgehead atoms. The van der Waals surface area contributed by atoms with E-state index >= 15 is 0 Å². The summed E-state index contributed by atoms with van der Waals surface area (Å²) in [6.45, 7) is -1.39. The van der Waals surface area contributed by atoms with E-state index in [-0.39, 0.29) is 11.5 Å². The van der Waals surface area contributed by atoms with Gasteiger partial charge < -0.3 is 4.74 Å². The van der Waals surface area contributed by atoms with Crippen LogP contribution in [0.4, 0.5) is 13.2 Å². The first-order chi connectivity index (χ1) is 7.46. The Morgan fingerprint density at radius 1 is 1.44 bits per heavy atom. The van der Waals surface area contributed by atoms with E-state index in [1.54, 1.807) is 12.4 Å². The molecule has 0 radical (unpaired) electrons. The minimum Gasteiger partial charge on any atom is -0.465 e. The summed E-state index contributed by atoms with van der Waals surface area (Å²) in [6, 6.07) is 0. The highest BCUT2D eigenvalue weighted by atomic mass is 79.9. The molecule has 0 aliphatic carbocycles. The van der Waals surface area contributed by atoms with Crippen LogP contribution in [0.15, 0.2) is 23.2 Å². The second-order valence-electron chi connectivity index (χ2n) is 2.93. The number of imidazole rings is 1. The van der Waals surface area contributed by atoms with Gasteiger partial charge in [-0.3, -0.25) is 4.40 Å². The molecular formula is C8H5BrF3N3O. The van der Waals surface area contributed by atoms with Crippen molar-refractivity contribution in [3.05, 3.63) is 23.2 Å². The monoisotopic (exact) mass is 295 g/mol. The Morgan fingerprint density at radius 3 is 2.88 bits per heavy atom. The van der Waals surface area contributed by atoms with Crippen LogP contribution in [0, 0.1) is 0 Å². The number of hydrogen-bond donors (Lipinski definition) is 0. The third kappa shape index (κ3) is 2.43. The van der Waals surface area contributed by atoms with Crippen LogP contribution < -0.4 is 4.74 Å². The molecule has 2 aromatic rings. The SMILES string of the molecule is FC(F)(F)COc1nc(Br)cn2ccnc12. The molecule has 0 aliphatic heterocycles. The van der Waals surface area contributed by atoms with Gasteiger partial charge in [0.2, 0.25) is 5.65 Å². The normalized spacial score (nSPS) is 12.0. The molecule has 0 aromatic carbocycles. The summed E-state index contributed by atoms with van der Waals surface area (Å²) in [5.74, 6) is -0.156. The molecular weight excluding hydrogens is 291 g/mol. The number of fused-ring (bicyclic) bond motifs is 1. The Morgan fingerprint density at radius 2 is 2.19 bits per heavy atom. The van der Waals surface area contributed by atoms with Gasteiger partial charge in [-0.1, -0.05) is 0 Å². The molecule has 0 fully saturated rings. The van der Waals surface area contributed by atoms with Gasteiger partial charge in [0.1, 0.15) is 4.60 Å². The molecule has 8 heteroatoms. The highest BCUT2D eigenvalue weighted by Crippen LogP contribution is 2.22. The molecule has 2 aromatic heterocycles. The summed E-state index contributed by atoms with van der Waals surface area (Å²) in [7, 11) is 0. The molecule has 4 nitrogen and oxygen atoms in total. The van der Waals surface area contributed by atoms with Gasteiger partial charge in [0.05, 0.1) is 0 Å². The maximum absolute atomic E-state index is 12.0. The maximum Gasteiger partial charge on any atom is 0.422 e. The van der Waals surface area contributed by atoms with Crippen molar-refractivity contribution in [3.8, 4) is 5.88 Å². The van der Waals surface area contributed by atoms with Crippen LogP contribution in [0.25, 0.3) is 5.65 Å². The molecule has 16 heavy (non-hydrogen) atoms. The number of nitrogens with zero attached hydrogens (tertiary/aromatic N) is 3. The Bertz CT molecular complexity index is 511. The highest BCUT2D eigenvalue weighted by molar-refractivity contribution is 9.10. The van der Waals surface area contributed by atoms with Crippen molar-refractivity contribution in [2.75, 3.05) is 6.61 Å². The van der Waals surface area contributed by atoms with Crippen LogP contribution in [0.5, 0.6) is 5.88 Å². The van der Waals surface area contributed by atoms with Crippen molar-refractivity contribution >= 4 is 21.6 Å². The third-order valence-electron chi connectivity index (χ3n) is 1.69. The van der Waals surface area contributed by atoms with Crippen LogP contribution in [-0.4, -0.2) is 27.2 Å². The van der Waals surface area contributed by atoms with E-state index in [1.807, 2.05) is 0 Å². The summed E-state index contributed by atoms with van der Waals surface area (Å²) in [5.41, 5.74) is 0.243. The van der Waals surface area contributed by atoms with Gasteiger partial charge in [-0.15, -0.1) is 0 Å². The van der Waals surface area contributed by atoms with Gasteiger partial charge in [-0.05, 0) is 15.9 Å². The average molecular weight is 296 g/mol. The van der Waals surface area contributed by atoms with Gasteiger partial charge in [0.25, 0.3) is 5.88 Å². The van der Waals surface area contributed by atoms with Crippen molar-refractivity contribution in [1.29, 1.82) is 0 Å². The molecule has 2 rings (SSSR count). The topological polar surface area (TPSA) is 39.4 Å². The fourth-order valence-corrected chi connectivity index (χ4v) is 1.50. The van der Waals surface area contributed by atoms with Gasteiger partial charge in [0.15, 0.2) is 6.61 Å². The van der Waals surface area contributed by atoms with Gasteiger partial charge in [-0.2, -0.15) is 13.2 Å². The quantitative estimate of drug-likeness (QED) is 0.854. The largest absolute Gasteiger partial charge is 0.465 e. The summed E-state index contributed by atoms with van der Waals surface area (Å²) >= 11 is 3.07. The number of aromatic nitrogens is 3. The number of halogens is 4. The zero-order valence-corrected chi connectivity index (χ0v) is 9.29. The van der Waals surface area contributed by atoms with E-state index in [0.717, 1.165) is 0 Å². The van der Waals surface area contributed by atoms with Crippen LogP contribution in [0.1, 0.15) is 0 Å². The lowest BCUT2D eigenvalue weighted by Crippen LogP contribution is -2.20. The third-order valence-corrected chi connectivity index (χ3v) is 2.07. The summed E-state index contributed by atoms with van der Waals surface area (Å²) in [6.07, 6.45) is 0.211. The molecule has 0 unspecified atom stereocenters. The molecule has 86 valence electrons. The predicted octanol–water partition coefficient (Wildman–Crippen LogP) is 2.43. The average Bonchev–Trinajstić information content (AvgIpc) is 2.60. The molecule has 0 atom stereocenters. The van der Waals surface area contributed by atoms with Crippen molar-refractivity contribution in [1.82, 2.24) is 14.4 Å². The molecule has 0 aliphatic rings. The Labute approximate surface area is 96.2 Å². The first kappa shape index (κ1) is 11.2. The van der Waals surface area contributed by atoms with Crippen LogP contribution in [-0.2, 0) is 0 Å². The van der Waals surface area contributed by atoms with E-state index < -0.39 is 12.8 Å². The van der Waals surface area contributed by atoms with Crippen LogP contribution in [0.3, 0.4) is 0 Å². The number of ether oxygens (including phenoxy) is 1. The standard InChI is InChI=1S/C8H5BrF3N3O/c9-5-3-15-2-1-13-6(15)7(14-5)16-4-8(10,11)12/h1-3H,4H2. The summed E-state index contributed by atoms with van der Waals surface area (Å²) in [4.78, 5) is 7.64. The lowest BCUT2D eigenvalue weighted by atomic mass is 10.6. The highest BCUT2D eigenvalue weighted by Gasteiger charge is 2.29. The van der Waals surface area contributed by atoms with E-state index in [0.29, 0.717) is 4.60 Å². The first-order valence-corrected chi connectivity index (χ1v) is 4.94. The lowest BCUT2D eigenvalue weighted by molar-refractivity contribution is -0.153. The molecule has 2 heterocycles. The van der Waals surface area contributed by atoms with Crippen LogP contribution >= 0.6 is 15.9 Å². The fraction of sp³-hybridized carbons (Fsp3) is 0.250. The van der Waals surface area contributed by atoms with Crippen molar-refractivity contribution in [2.45, 2.75) is 6.18 Å². The van der Waals surface area contributed by atoms with E-state index in [2.05, 4.69) is 30.6 Å². The molecule has 0 saturated heterocycles. The zero-order chi connectivity index (χ0) is 11.8. The summed E-state index contributed by atoms with van der Waals surface area (Å²) in [5, 5.41) is 0. The van der Waals surface area contributed by atoms with E-state index in [1.165, 1.54) is 10.6 Å². The first-order valence-electron chi connectivity index (χ1n) is 4.14. The molecule has 0 saturated carbocycles. The second kappa shape index (κ2) is 3.93. The number of alkyl halides is 3. The molecule has 0 N–H and O–H groups in total. The van der Waals surface area contributed by atoms with Crippen LogP contribution in [0.2, 0.25) is 0 Å². The molecule has 0 spiro atoms. The van der Waals surface area contributed by atoms with Crippen molar-refractivity contribution < 1.29 is 17.9 Å². The second-order valence-corrected chi connectivity index (χ2v) is 3.74. The fourth-order valence-electron chi connectivity index (χ4n) is 1.12. The van der Waals surface area contributed by atoms with Crippen molar-refractivity contribution in [3.63, 3.8) is 0 Å². The smallest absolute Gasteiger partial charge is 0.422 e.